The van der Waals surface area contributed by atoms with E-state index in [1.54, 1.807) is 0 Å². The zero-order chi connectivity index (χ0) is 12.7. The molecule has 1 aliphatic rings. The molecule has 0 radical (unpaired) electrons. The van der Waals surface area contributed by atoms with E-state index in [9.17, 15) is 4.79 Å². The number of thioether (sulfide) groups is 1. The second-order valence-corrected chi connectivity index (χ2v) is 6.21. The number of rotatable bonds is 6. The summed E-state index contributed by atoms with van der Waals surface area (Å²) in [5.74, 6) is 2.88. The van der Waals surface area contributed by atoms with E-state index in [2.05, 4.69) is 24.1 Å². The Morgan fingerprint density at radius 2 is 2.06 bits per heavy atom. The predicted octanol–water partition coefficient (Wildman–Crippen LogP) is 0.525. The zero-order valence-electron chi connectivity index (χ0n) is 10.9. The van der Waals surface area contributed by atoms with Crippen molar-refractivity contribution >= 4 is 17.7 Å². The molecular formula is C12H25N3OS. The second kappa shape index (κ2) is 7.95. The van der Waals surface area contributed by atoms with E-state index >= 15 is 0 Å². The number of nitrogens with two attached hydrogens (primary N) is 1. The lowest BCUT2D eigenvalue weighted by molar-refractivity contribution is -0.122. The number of nitrogens with zero attached hydrogens (tertiary/aromatic N) is 1. The lowest BCUT2D eigenvalue weighted by atomic mass is 10.0. The van der Waals surface area contributed by atoms with Gasteiger partial charge in [0, 0.05) is 37.7 Å². The van der Waals surface area contributed by atoms with Crippen molar-refractivity contribution in [1.82, 2.24) is 10.2 Å². The van der Waals surface area contributed by atoms with Gasteiger partial charge in [-0.2, -0.15) is 11.8 Å². The van der Waals surface area contributed by atoms with Gasteiger partial charge in [-0.25, -0.2) is 0 Å². The standard InChI is InChI=1S/C12H25N3OS/c1-10(2)9-11(13)12(16)14-3-4-15-5-7-17-8-6-15/h10-11H,3-9,13H2,1-2H3,(H,14,16)/t11-/m1/s1. The minimum Gasteiger partial charge on any atom is -0.353 e. The molecule has 1 fully saturated rings. The van der Waals surface area contributed by atoms with Crippen molar-refractivity contribution in [3.05, 3.63) is 0 Å². The fourth-order valence-corrected chi connectivity index (χ4v) is 2.89. The Hall–Kier alpha value is -0.260. The number of nitrogens with one attached hydrogen (secondary N) is 1. The predicted molar refractivity (Wildman–Crippen MR) is 74.2 cm³/mol. The van der Waals surface area contributed by atoms with Crippen LogP contribution >= 0.6 is 11.8 Å². The summed E-state index contributed by atoms with van der Waals surface area (Å²) in [5, 5.41) is 2.92. The van der Waals surface area contributed by atoms with Crippen LogP contribution in [0.3, 0.4) is 0 Å². The minimum atomic E-state index is -0.355. The summed E-state index contributed by atoms with van der Waals surface area (Å²) in [7, 11) is 0. The van der Waals surface area contributed by atoms with Crippen LogP contribution in [0, 0.1) is 5.92 Å². The summed E-state index contributed by atoms with van der Waals surface area (Å²) < 4.78 is 0. The van der Waals surface area contributed by atoms with E-state index in [1.807, 2.05) is 11.8 Å². The molecule has 3 N–H and O–H groups in total. The minimum absolute atomic E-state index is 0.00918. The van der Waals surface area contributed by atoms with Gasteiger partial charge in [-0.15, -0.1) is 0 Å². The molecule has 5 heteroatoms. The largest absolute Gasteiger partial charge is 0.353 e. The van der Waals surface area contributed by atoms with E-state index < -0.39 is 0 Å². The Morgan fingerprint density at radius 1 is 1.41 bits per heavy atom. The Balaban J connectivity index is 2.10. The van der Waals surface area contributed by atoms with Crippen LogP contribution in [-0.4, -0.2) is 54.5 Å². The van der Waals surface area contributed by atoms with Gasteiger partial charge >= 0.3 is 0 Å². The maximum Gasteiger partial charge on any atom is 0.236 e. The van der Waals surface area contributed by atoms with E-state index in [0.29, 0.717) is 5.92 Å². The summed E-state index contributed by atoms with van der Waals surface area (Å²) in [6.07, 6.45) is 0.756. The highest BCUT2D eigenvalue weighted by molar-refractivity contribution is 7.99. The van der Waals surface area contributed by atoms with Gasteiger partial charge in [0.05, 0.1) is 6.04 Å². The van der Waals surface area contributed by atoms with Crippen LogP contribution in [0.15, 0.2) is 0 Å². The van der Waals surface area contributed by atoms with Gasteiger partial charge in [0.1, 0.15) is 0 Å². The number of carbonyl (C=O) groups excluding carboxylic acids is 1. The van der Waals surface area contributed by atoms with E-state index in [0.717, 1.165) is 32.6 Å². The molecule has 1 heterocycles. The van der Waals surface area contributed by atoms with Crippen LogP contribution in [0.1, 0.15) is 20.3 Å². The molecule has 0 spiro atoms. The van der Waals surface area contributed by atoms with E-state index in [-0.39, 0.29) is 11.9 Å². The van der Waals surface area contributed by atoms with Crippen LogP contribution in [0.4, 0.5) is 0 Å². The quantitative estimate of drug-likeness (QED) is 0.730. The fourth-order valence-electron chi connectivity index (χ4n) is 1.91. The molecule has 0 aromatic rings. The van der Waals surface area contributed by atoms with Crippen molar-refractivity contribution in [3.63, 3.8) is 0 Å². The SMILES string of the molecule is CC(C)C[C@@H](N)C(=O)NCCN1CCSCC1. The van der Waals surface area contributed by atoms with Gasteiger partial charge in [0.2, 0.25) is 5.91 Å². The first-order valence-electron chi connectivity index (χ1n) is 6.43. The highest BCUT2D eigenvalue weighted by atomic mass is 32.2. The Morgan fingerprint density at radius 3 is 2.65 bits per heavy atom. The molecule has 1 saturated heterocycles. The molecule has 0 unspecified atom stereocenters. The van der Waals surface area contributed by atoms with Crippen molar-refractivity contribution in [2.24, 2.45) is 11.7 Å². The third-order valence-corrected chi connectivity index (χ3v) is 3.84. The van der Waals surface area contributed by atoms with Gasteiger partial charge in [0.25, 0.3) is 0 Å². The topological polar surface area (TPSA) is 58.4 Å². The van der Waals surface area contributed by atoms with Crippen molar-refractivity contribution < 1.29 is 4.79 Å². The van der Waals surface area contributed by atoms with Gasteiger partial charge in [-0.1, -0.05) is 13.8 Å². The fraction of sp³-hybridized carbons (Fsp3) is 0.917. The van der Waals surface area contributed by atoms with Crippen LogP contribution in [-0.2, 0) is 4.79 Å². The summed E-state index contributed by atoms with van der Waals surface area (Å²) in [6.45, 7) is 8.10. The molecule has 0 aliphatic carbocycles. The monoisotopic (exact) mass is 259 g/mol. The smallest absolute Gasteiger partial charge is 0.236 e. The number of carbonyl (C=O) groups is 1. The maximum absolute atomic E-state index is 11.7. The first-order chi connectivity index (χ1) is 8.09. The average molecular weight is 259 g/mol. The van der Waals surface area contributed by atoms with Crippen molar-refractivity contribution in [1.29, 1.82) is 0 Å². The first-order valence-corrected chi connectivity index (χ1v) is 7.58. The molecule has 1 amide bonds. The summed E-state index contributed by atoms with van der Waals surface area (Å²) in [4.78, 5) is 14.1. The first kappa shape index (κ1) is 14.8. The maximum atomic E-state index is 11.7. The van der Waals surface area contributed by atoms with Gasteiger partial charge in [0.15, 0.2) is 0 Å². The van der Waals surface area contributed by atoms with Crippen molar-refractivity contribution in [2.45, 2.75) is 26.3 Å². The van der Waals surface area contributed by atoms with Crippen LogP contribution in [0.2, 0.25) is 0 Å². The molecule has 0 bridgehead atoms. The van der Waals surface area contributed by atoms with Crippen LogP contribution in [0.25, 0.3) is 0 Å². The second-order valence-electron chi connectivity index (χ2n) is 4.98. The summed E-state index contributed by atoms with van der Waals surface area (Å²) in [6, 6.07) is -0.355. The average Bonchev–Trinajstić information content (AvgIpc) is 2.29. The van der Waals surface area contributed by atoms with Gasteiger partial charge in [-0.3, -0.25) is 9.69 Å². The zero-order valence-corrected chi connectivity index (χ0v) is 11.8. The van der Waals surface area contributed by atoms with Crippen molar-refractivity contribution in [3.8, 4) is 0 Å². The van der Waals surface area contributed by atoms with E-state index in [1.165, 1.54) is 11.5 Å². The normalized spacial score (nSPS) is 19.3. The highest BCUT2D eigenvalue weighted by Gasteiger charge is 2.15. The number of hydrogen-bond donors (Lipinski definition) is 2. The third kappa shape index (κ3) is 6.29. The number of hydrogen-bond acceptors (Lipinski definition) is 4. The molecule has 1 aliphatic heterocycles. The molecule has 0 aromatic heterocycles. The van der Waals surface area contributed by atoms with Gasteiger partial charge < -0.3 is 11.1 Å². The highest BCUT2D eigenvalue weighted by Crippen LogP contribution is 2.08. The Labute approximate surface area is 109 Å². The molecule has 1 atom stereocenters. The molecule has 0 saturated carbocycles. The van der Waals surface area contributed by atoms with Gasteiger partial charge in [-0.05, 0) is 12.3 Å². The van der Waals surface area contributed by atoms with Crippen LogP contribution in [0.5, 0.6) is 0 Å². The molecule has 1 rings (SSSR count). The van der Waals surface area contributed by atoms with Crippen molar-refractivity contribution in [2.75, 3.05) is 37.7 Å². The molecule has 17 heavy (non-hydrogen) atoms. The third-order valence-electron chi connectivity index (χ3n) is 2.89. The lowest BCUT2D eigenvalue weighted by Gasteiger charge is -2.26. The lowest BCUT2D eigenvalue weighted by Crippen LogP contribution is -2.45. The molecule has 100 valence electrons. The Bertz CT molecular complexity index is 230. The summed E-state index contributed by atoms with van der Waals surface area (Å²) >= 11 is 2.00. The summed E-state index contributed by atoms with van der Waals surface area (Å²) in [5.41, 5.74) is 5.81. The molecular weight excluding hydrogens is 234 g/mol. The number of amides is 1. The molecule has 4 nitrogen and oxygen atoms in total. The van der Waals surface area contributed by atoms with E-state index in [4.69, 9.17) is 5.73 Å². The Kier molecular flexibility index (Phi) is 6.92. The van der Waals surface area contributed by atoms with Crippen LogP contribution < -0.4 is 11.1 Å². The molecule has 0 aromatic carbocycles.